The van der Waals surface area contributed by atoms with Gasteiger partial charge in [-0.1, -0.05) is 25.1 Å². The molecule has 0 atom stereocenters. The van der Waals surface area contributed by atoms with Crippen LogP contribution in [0, 0.1) is 10.1 Å². The Bertz CT molecular complexity index is 695. The van der Waals surface area contributed by atoms with Crippen molar-refractivity contribution in [2.45, 2.75) is 19.9 Å². The van der Waals surface area contributed by atoms with Gasteiger partial charge in [0.2, 0.25) is 0 Å². The molecule has 2 aromatic rings. The number of H-pyrrole nitrogens is 1. The average Bonchev–Trinajstić information content (AvgIpc) is 2.49. The molecule has 1 aromatic heterocycles. The molecular formula is C15H17N3O3. The minimum Gasteiger partial charge on any atom is -0.322 e. The number of nitrogens with zero attached hydrogens (tertiary/aromatic N) is 1. The quantitative estimate of drug-likeness (QED) is 0.485. The van der Waals surface area contributed by atoms with Crippen LogP contribution < -0.4 is 10.9 Å². The van der Waals surface area contributed by atoms with Gasteiger partial charge in [0.15, 0.2) is 0 Å². The minimum absolute atomic E-state index is 0.00189. The van der Waals surface area contributed by atoms with E-state index in [1.54, 1.807) is 24.3 Å². The van der Waals surface area contributed by atoms with Crippen molar-refractivity contribution in [1.82, 2.24) is 10.3 Å². The van der Waals surface area contributed by atoms with Gasteiger partial charge in [-0.2, -0.15) is 0 Å². The SMILES string of the molecule is CCCNCc1ccc(-c2cccc([N+](=O)[O-])c2)[nH]c1=O. The van der Waals surface area contributed by atoms with Crippen molar-refractivity contribution in [2.24, 2.45) is 0 Å². The van der Waals surface area contributed by atoms with Crippen LogP contribution in [-0.2, 0) is 6.54 Å². The van der Waals surface area contributed by atoms with Crippen molar-refractivity contribution in [2.75, 3.05) is 6.54 Å². The first-order chi connectivity index (χ1) is 10.1. The lowest BCUT2D eigenvalue weighted by Crippen LogP contribution is -2.21. The number of nitro benzene ring substituents is 1. The third-order valence-electron chi connectivity index (χ3n) is 3.10. The average molecular weight is 287 g/mol. The summed E-state index contributed by atoms with van der Waals surface area (Å²) in [4.78, 5) is 25.1. The molecule has 110 valence electrons. The molecule has 2 rings (SSSR count). The summed E-state index contributed by atoms with van der Waals surface area (Å²) >= 11 is 0. The second kappa shape index (κ2) is 6.81. The molecule has 21 heavy (non-hydrogen) atoms. The number of benzene rings is 1. The lowest BCUT2D eigenvalue weighted by Gasteiger charge is -2.05. The zero-order valence-electron chi connectivity index (χ0n) is 11.8. The fraction of sp³-hybridized carbons (Fsp3) is 0.267. The number of non-ortho nitro benzene ring substituents is 1. The van der Waals surface area contributed by atoms with E-state index in [0.29, 0.717) is 23.4 Å². The molecule has 0 bridgehead atoms. The zero-order chi connectivity index (χ0) is 15.2. The third kappa shape index (κ3) is 3.76. The van der Waals surface area contributed by atoms with E-state index in [4.69, 9.17) is 0 Å². The smallest absolute Gasteiger partial charge is 0.270 e. The van der Waals surface area contributed by atoms with Gasteiger partial charge in [0.25, 0.3) is 11.2 Å². The summed E-state index contributed by atoms with van der Waals surface area (Å²) in [5.74, 6) is 0. The van der Waals surface area contributed by atoms with Gasteiger partial charge >= 0.3 is 0 Å². The number of pyridine rings is 1. The highest BCUT2D eigenvalue weighted by atomic mass is 16.6. The van der Waals surface area contributed by atoms with E-state index in [9.17, 15) is 14.9 Å². The molecule has 0 saturated heterocycles. The molecule has 0 aliphatic rings. The predicted octanol–water partition coefficient (Wildman–Crippen LogP) is 2.45. The molecule has 6 nitrogen and oxygen atoms in total. The van der Waals surface area contributed by atoms with Crippen LogP contribution in [0.1, 0.15) is 18.9 Å². The summed E-state index contributed by atoms with van der Waals surface area (Å²) in [6, 6.07) is 9.71. The molecule has 1 heterocycles. The van der Waals surface area contributed by atoms with Crippen LogP contribution in [-0.4, -0.2) is 16.5 Å². The summed E-state index contributed by atoms with van der Waals surface area (Å²) in [6.07, 6.45) is 1.00. The highest BCUT2D eigenvalue weighted by molar-refractivity contribution is 5.62. The number of aromatic amines is 1. The molecular weight excluding hydrogens is 270 g/mol. The summed E-state index contributed by atoms with van der Waals surface area (Å²) < 4.78 is 0. The molecule has 0 spiro atoms. The van der Waals surface area contributed by atoms with E-state index in [-0.39, 0.29) is 11.2 Å². The molecule has 6 heteroatoms. The Kier molecular flexibility index (Phi) is 4.84. The van der Waals surface area contributed by atoms with E-state index < -0.39 is 4.92 Å². The molecule has 2 N–H and O–H groups in total. The zero-order valence-corrected chi connectivity index (χ0v) is 11.8. The van der Waals surface area contributed by atoms with Gasteiger partial charge < -0.3 is 10.3 Å². The van der Waals surface area contributed by atoms with Gasteiger partial charge in [-0.3, -0.25) is 14.9 Å². The topological polar surface area (TPSA) is 88.0 Å². The van der Waals surface area contributed by atoms with Gasteiger partial charge in [-0.25, -0.2) is 0 Å². The second-order valence-electron chi connectivity index (χ2n) is 4.71. The normalized spacial score (nSPS) is 10.5. The van der Waals surface area contributed by atoms with Crippen molar-refractivity contribution in [1.29, 1.82) is 0 Å². The van der Waals surface area contributed by atoms with Crippen molar-refractivity contribution in [3.05, 3.63) is 62.4 Å². The first-order valence-corrected chi connectivity index (χ1v) is 6.79. The Labute approximate surface area is 122 Å². The third-order valence-corrected chi connectivity index (χ3v) is 3.10. The number of hydrogen-bond acceptors (Lipinski definition) is 4. The monoisotopic (exact) mass is 287 g/mol. The maximum Gasteiger partial charge on any atom is 0.270 e. The van der Waals surface area contributed by atoms with Gasteiger partial charge in [-0.05, 0) is 19.0 Å². The molecule has 1 aromatic carbocycles. The van der Waals surface area contributed by atoms with E-state index in [2.05, 4.69) is 17.2 Å². The first kappa shape index (κ1) is 14.9. The highest BCUT2D eigenvalue weighted by Gasteiger charge is 2.08. The first-order valence-electron chi connectivity index (χ1n) is 6.79. The van der Waals surface area contributed by atoms with E-state index >= 15 is 0 Å². The predicted molar refractivity (Wildman–Crippen MR) is 81.2 cm³/mol. The molecule has 0 amide bonds. The number of hydrogen-bond donors (Lipinski definition) is 2. The van der Waals surface area contributed by atoms with Crippen molar-refractivity contribution >= 4 is 5.69 Å². The van der Waals surface area contributed by atoms with Gasteiger partial charge in [0, 0.05) is 35.5 Å². The summed E-state index contributed by atoms with van der Waals surface area (Å²) in [5, 5.41) is 13.9. The Balaban J connectivity index is 2.25. The highest BCUT2D eigenvalue weighted by Crippen LogP contribution is 2.21. The maximum absolute atomic E-state index is 12.0. The van der Waals surface area contributed by atoms with Crippen LogP contribution in [0.15, 0.2) is 41.2 Å². The van der Waals surface area contributed by atoms with Gasteiger partial charge in [0.1, 0.15) is 0 Å². The second-order valence-corrected chi connectivity index (χ2v) is 4.71. The van der Waals surface area contributed by atoms with E-state index in [0.717, 1.165) is 13.0 Å². The number of rotatable bonds is 6. The summed E-state index contributed by atoms with van der Waals surface area (Å²) in [5.41, 5.74) is 1.67. The number of aromatic nitrogens is 1. The molecule has 0 aliphatic heterocycles. The number of nitro groups is 1. The summed E-state index contributed by atoms with van der Waals surface area (Å²) in [6.45, 7) is 3.42. The van der Waals surface area contributed by atoms with Crippen LogP contribution >= 0.6 is 0 Å². The van der Waals surface area contributed by atoms with Crippen molar-refractivity contribution in [3.8, 4) is 11.3 Å². The number of nitrogens with one attached hydrogen (secondary N) is 2. The van der Waals surface area contributed by atoms with Crippen LogP contribution in [0.5, 0.6) is 0 Å². The Morgan fingerprint density at radius 1 is 1.29 bits per heavy atom. The fourth-order valence-electron chi connectivity index (χ4n) is 2.00. The van der Waals surface area contributed by atoms with E-state index in [1.807, 2.05) is 0 Å². The fourth-order valence-corrected chi connectivity index (χ4v) is 2.00. The van der Waals surface area contributed by atoms with Gasteiger partial charge in [0.05, 0.1) is 4.92 Å². The van der Waals surface area contributed by atoms with Crippen LogP contribution in [0.25, 0.3) is 11.3 Å². The Morgan fingerprint density at radius 3 is 2.76 bits per heavy atom. The van der Waals surface area contributed by atoms with Gasteiger partial charge in [-0.15, -0.1) is 0 Å². The summed E-state index contributed by atoms with van der Waals surface area (Å²) in [7, 11) is 0. The lowest BCUT2D eigenvalue weighted by molar-refractivity contribution is -0.384. The molecule has 0 aliphatic carbocycles. The minimum atomic E-state index is -0.454. The molecule has 0 radical (unpaired) electrons. The molecule has 0 saturated carbocycles. The Morgan fingerprint density at radius 2 is 2.10 bits per heavy atom. The van der Waals surface area contributed by atoms with Crippen molar-refractivity contribution in [3.63, 3.8) is 0 Å². The lowest BCUT2D eigenvalue weighted by atomic mass is 10.1. The maximum atomic E-state index is 12.0. The standard InChI is InChI=1S/C15H17N3O3/c1-2-8-16-10-12-6-7-14(17-15(12)19)11-4-3-5-13(9-11)18(20)21/h3-7,9,16H,2,8,10H2,1H3,(H,17,19). The Hall–Kier alpha value is -2.47. The molecule has 0 unspecified atom stereocenters. The molecule has 0 fully saturated rings. The largest absolute Gasteiger partial charge is 0.322 e. The van der Waals surface area contributed by atoms with Crippen LogP contribution in [0.3, 0.4) is 0 Å². The van der Waals surface area contributed by atoms with Crippen LogP contribution in [0.4, 0.5) is 5.69 Å². The van der Waals surface area contributed by atoms with E-state index in [1.165, 1.54) is 12.1 Å². The van der Waals surface area contributed by atoms with Crippen molar-refractivity contribution < 1.29 is 4.92 Å². The van der Waals surface area contributed by atoms with Crippen LogP contribution in [0.2, 0.25) is 0 Å².